The van der Waals surface area contributed by atoms with Gasteiger partial charge in [-0.15, -0.1) is 0 Å². The van der Waals surface area contributed by atoms with Gasteiger partial charge in [0.2, 0.25) is 0 Å². The van der Waals surface area contributed by atoms with Crippen LogP contribution < -0.4 is 5.32 Å². The highest BCUT2D eigenvalue weighted by atomic mass is 79.9. The lowest BCUT2D eigenvalue weighted by molar-refractivity contribution is 0.102. The van der Waals surface area contributed by atoms with Gasteiger partial charge in [-0.2, -0.15) is 0 Å². The Balaban J connectivity index is 2.28. The number of hydrogen-bond acceptors (Lipinski definition) is 1. The molecule has 2 rings (SSSR count). The summed E-state index contributed by atoms with van der Waals surface area (Å²) in [6.45, 7) is 1.92. The van der Waals surface area contributed by atoms with Crippen LogP contribution in [0, 0.1) is 12.7 Å². The molecule has 1 amide bonds. The quantitative estimate of drug-likeness (QED) is 0.834. The van der Waals surface area contributed by atoms with E-state index in [0.717, 1.165) is 5.56 Å². The minimum Gasteiger partial charge on any atom is -0.319 e. The number of anilines is 1. The van der Waals surface area contributed by atoms with Crippen molar-refractivity contribution in [2.75, 3.05) is 5.32 Å². The average Bonchev–Trinajstić information content (AvgIpc) is 2.33. The lowest BCUT2D eigenvalue weighted by atomic mass is 10.1. The van der Waals surface area contributed by atoms with E-state index in [2.05, 4.69) is 21.2 Å². The van der Waals surface area contributed by atoms with Crippen molar-refractivity contribution in [3.05, 3.63) is 62.8 Å². The zero-order valence-corrected chi connectivity index (χ0v) is 12.3. The van der Waals surface area contributed by atoms with E-state index in [0.29, 0.717) is 15.1 Å². The molecule has 2 aromatic rings. The first-order chi connectivity index (χ1) is 8.97. The van der Waals surface area contributed by atoms with Crippen LogP contribution in [-0.2, 0) is 0 Å². The molecule has 0 saturated heterocycles. The second-order valence-corrected chi connectivity index (χ2v) is 5.35. The van der Waals surface area contributed by atoms with Crippen LogP contribution in [0.3, 0.4) is 0 Å². The summed E-state index contributed by atoms with van der Waals surface area (Å²) in [5.41, 5.74) is 1.52. The predicted molar refractivity (Wildman–Crippen MR) is 78.2 cm³/mol. The van der Waals surface area contributed by atoms with Crippen LogP contribution >= 0.6 is 27.5 Å². The number of nitrogens with one attached hydrogen (secondary N) is 1. The zero-order valence-electron chi connectivity index (χ0n) is 10.0. The summed E-state index contributed by atoms with van der Waals surface area (Å²) in [5.74, 6) is -0.922. The molecule has 0 fully saturated rings. The largest absolute Gasteiger partial charge is 0.319 e. The van der Waals surface area contributed by atoms with E-state index in [1.165, 1.54) is 18.2 Å². The second-order valence-electron chi connectivity index (χ2n) is 4.06. The first-order valence-electron chi connectivity index (χ1n) is 5.50. The number of benzene rings is 2. The Labute approximate surface area is 123 Å². The lowest BCUT2D eigenvalue weighted by Gasteiger charge is -2.08. The molecule has 0 radical (unpaired) electrons. The first-order valence-corrected chi connectivity index (χ1v) is 6.67. The van der Waals surface area contributed by atoms with Crippen LogP contribution in [0.2, 0.25) is 5.02 Å². The van der Waals surface area contributed by atoms with Gasteiger partial charge in [0.15, 0.2) is 0 Å². The van der Waals surface area contributed by atoms with Gasteiger partial charge in [0.25, 0.3) is 5.91 Å². The van der Waals surface area contributed by atoms with Crippen molar-refractivity contribution in [3.8, 4) is 0 Å². The highest BCUT2D eigenvalue weighted by Gasteiger charge is 2.12. The highest BCUT2D eigenvalue weighted by Crippen LogP contribution is 2.23. The van der Waals surface area contributed by atoms with Gasteiger partial charge < -0.3 is 5.32 Å². The summed E-state index contributed by atoms with van der Waals surface area (Å²) < 4.78 is 14.2. The molecule has 0 bridgehead atoms. The highest BCUT2D eigenvalue weighted by molar-refractivity contribution is 9.10. The van der Waals surface area contributed by atoms with E-state index in [9.17, 15) is 9.18 Å². The van der Waals surface area contributed by atoms with Crippen LogP contribution in [0.15, 0.2) is 40.9 Å². The first kappa shape index (κ1) is 14.0. The summed E-state index contributed by atoms with van der Waals surface area (Å²) in [4.78, 5) is 12.1. The Bertz CT molecular complexity index is 645. The third-order valence-electron chi connectivity index (χ3n) is 2.55. The smallest absolute Gasteiger partial charge is 0.256 e. The monoisotopic (exact) mass is 341 g/mol. The van der Waals surface area contributed by atoms with Crippen molar-refractivity contribution >= 4 is 39.1 Å². The van der Waals surface area contributed by atoms with Crippen molar-refractivity contribution in [3.63, 3.8) is 0 Å². The molecule has 0 unspecified atom stereocenters. The molecular weight excluding hydrogens is 333 g/mol. The van der Waals surface area contributed by atoms with Gasteiger partial charge in [-0.3, -0.25) is 4.79 Å². The molecule has 5 heteroatoms. The maximum Gasteiger partial charge on any atom is 0.256 e. The third kappa shape index (κ3) is 3.33. The average molecular weight is 343 g/mol. The predicted octanol–water partition coefficient (Wildman–Crippen LogP) is 4.80. The summed E-state index contributed by atoms with van der Waals surface area (Å²) >= 11 is 9.08. The maximum absolute atomic E-state index is 13.5. The minimum absolute atomic E-state index is 0.0602. The molecule has 1 N–H and O–H groups in total. The van der Waals surface area contributed by atoms with E-state index in [-0.39, 0.29) is 5.69 Å². The third-order valence-corrected chi connectivity index (χ3v) is 3.44. The van der Waals surface area contributed by atoms with Crippen LogP contribution in [0.5, 0.6) is 0 Å². The second kappa shape index (κ2) is 5.72. The summed E-state index contributed by atoms with van der Waals surface area (Å²) in [6, 6.07) is 9.32. The topological polar surface area (TPSA) is 29.1 Å². The lowest BCUT2D eigenvalue weighted by Crippen LogP contribution is -2.13. The molecule has 0 aromatic heterocycles. The van der Waals surface area contributed by atoms with Crippen LogP contribution in [0.4, 0.5) is 10.1 Å². The molecule has 2 nitrogen and oxygen atoms in total. The number of rotatable bonds is 2. The Morgan fingerprint density at radius 2 is 2.00 bits per heavy atom. The van der Waals surface area contributed by atoms with Crippen molar-refractivity contribution in [1.82, 2.24) is 0 Å². The van der Waals surface area contributed by atoms with E-state index < -0.39 is 11.7 Å². The minimum atomic E-state index is -0.527. The molecule has 19 heavy (non-hydrogen) atoms. The summed E-state index contributed by atoms with van der Waals surface area (Å²) in [7, 11) is 0. The van der Waals surface area contributed by atoms with Crippen LogP contribution in [-0.4, -0.2) is 5.91 Å². The number of amides is 1. The molecule has 0 aliphatic carbocycles. The fourth-order valence-corrected chi connectivity index (χ4v) is 2.43. The van der Waals surface area contributed by atoms with Crippen molar-refractivity contribution in [2.45, 2.75) is 6.92 Å². The van der Waals surface area contributed by atoms with Crippen molar-refractivity contribution in [2.24, 2.45) is 0 Å². The molecule has 2 aromatic carbocycles. The molecule has 0 saturated carbocycles. The molecule has 0 aliphatic rings. The molecule has 0 spiro atoms. The molecule has 0 heterocycles. The molecule has 0 atom stereocenters. The SMILES string of the molecule is Cc1ccc(C(=O)Nc2cc(Cl)ccc2F)c(Br)c1. The number of halogens is 3. The molecule has 0 aliphatic heterocycles. The standard InChI is InChI=1S/C14H10BrClFNO/c1-8-2-4-10(11(15)6-8)14(19)18-13-7-9(16)3-5-12(13)17/h2-7H,1H3,(H,18,19). The van der Waals surface area contributed by atoms with Gasteiger partial charge in [-0.1, -0.05) is 17.7 Å². The van der Waals surface area contributed by atoms with E-state index in [4.69, 9.17) is 11.6 Å². The van der Waals surface area contributed by atoms with Crippen molar-refractivity contribution in [1.29, 1.82) is 0 Å². The van der Waals surface area contributed by atoms with Crippen LogP contribution in [0.25, 0.3) is 0 Å². The van der Waals surface area contributed by atoms with Crippen LogP contribution in [0.1, 0.15) is 15.9 Å². The normalized spacial score (nSPS) is 10.3. The zero-order chi connectivity index (χ0) is 14.0. The summed E-state index contributed by atoms with van der Waals surface area (Å²) in [6.07, 6.45) is 0. The Hall–Kier alpha value is -1.39. The van der Waals surface area contributed by atoms with Gasteiger partial charge in [0.1, 0.15) is 5.82 Å². The molecule has 98 valence electrons. The van der Waals surface area contributed by atoms with Gasteiger partial charge in [-0.25, -0.2) is 4.39 Å². The van der Waals surface area contributed by atoms with Gasteiger partial charge in [-0.05, 0) is 58.7 Å². The van der Waals surface area contributed by atoms with Gasteiger partial charge >= 0.3 is 0 Å². The maximum atomic E-state index is 13.5. The van der Waals surface area contributed by atoms with Crippen molar-refractivity contribution < 1.29 is 9.18 Å². The fraction of sp³-hybridized carbons (Fsp3) is 0.0714. The number of hydrogen-bond donors (Lipinski definition) is 1. The van der Waals surface area contributed by atoms with Gasteiger partial charge in [0.05, 0.1) is 11.3 Å². The van der Waals surface area contributed by atoms with E-state index >= 15 is 0 Å². The number of carbonyl (C=O) groups excluding carboxylic acids is 1. The number of aryl methyl sites for hydroxylation is 1. The van der Waals surface area contributed by atoms with Gasteiger partial charge in [0, 0.05) is 9.50 Å². The van der Waals surface area contributed by atoms with E-state index in [1.54, 1.807) is 6.07 Å². The fourth-order valence-electron chi connectivity index (χ4n) is 1.59. The van der Waals surface area contributed by atoms with E-state index in [1.807, 2.05) is 19.1 Å². The number of carbonyl (C=O) groups is 1. The Kier molecular flexibility index (Phi) is 4.22. The Morgan fingerprint density at radius 1 is 1.26 bits per heavy atom. The Morgan fingerprint density at radius 3 is 2.68 bits per heavy atom. The summed E-state index contributed by atoms with van der Waals surface area (Å²) in [5, 5.41) is 2.86. The molecular formula is C14H10BrClFNO.